The average Bonchev–Trinajstić information content (AvgIpc) is 2.39. The van der Waals surface area contributed by atoms with Gasteiger partial charge in [0.05, 0.1) is 12.1 Å². The van der Waals surface area contributed by atoms with Crippen molar-refractivity contribution in [1.29, 1.82) is 0 Å². The lowest BCUT2D eigenvalue weighted by atomic mass is 9.84. The summed E-state index contributed by atoms with van der Waals surface area (Å²) < 4.78 is 0. The number of aliphatic hydroxyl groups is 1. The molecule has 0 bridgehead atoms. The van der Waals surface area contributed by atoms with E-state index in [0.717, 1.165) is 24.8 Å². The van der Waals surface area contributed by atoms with E-state index < -0.39 is 11.7 Å². The second-order valence-electron chi connectivity index (χ2n) is 5.28. The van der Waals surface area contributed by atoms with Gasteiger partial charge >= 0.3 is 6.09 Å². The fourth-order valence-electron chi connectivity index (χ4n) is 2.62. The van der Waals surface area contributed by atoms with E-state index in [1.54, 1.807) is 24.5 Å². The second kappa shape index (κ2) is 6.02. The van der Waals surface area contributed by atoms with Crippen LogP contribution < -0.4 is 0 Å². The van der Waals surface area contributed by atoms with Crippen LogP contribution in [0, 0.1) is 0 Å². The summed E-state index contributed by atoms with van der Waals surface area (Å²) >= 11 is 0. The van der Waals surface area contributed by atoms with Crippen molar-refractivity contribution in [1.82, 2.24) is 9.88 Å². The minimum Gasteiger partial charge on any atom is -0.465 e. The lowest BCUT2D eigenvalue weighted by molar-refractivity contribution is -0.0240. The summed E-state index contributed by atoms with van der Waals surface area (Å²) in [6.45, 7) is 0.477. The normalized spacial score (nSPS) is 17.9. The Morgan fingerprint density at radius 2 is 1.89 bits per heavy atom. The molecule has 104 valence electrons. The van der Waals surface area contributed by atoms with Crippen molar-refractivity contribution in [2.75, 3.05) is 6.54 Å². The quantitative estimate of drug-likeness (QED) is 0.874. The van der Waals surface area contributed by atoms with Gasteiger partial charge in [0, 0.05) is 18.9 Å². The van der Waals surface area contributed by atoms with Gasteiger partial charge in [-0.2, -0.15) is 0 Å². The van der Waals surface area contributed by atoms with Crippen molar-refractivity contribution in [3.8, 4) is 0 Å². The molecule has 2 N–H and O–H groups in total. The van der Waals surface area contributed by atoms with E-state index in [-0.39, 0.29) is 6.54 Å². The highest BCUT2D eigenvalue weighted by Crippen LogP contribution is 2.29. The van der Waals surface area contributed by atoms with Gasteiger partial charge in [0.25, 0.3) is 0 Å². The average molecular weight is 264 g/mol. The highest BCUT2D eigenvalue weighted by atomic mass is 16.4. The minimum absolute atomic E-state index is 0.185. The van der Waals surface area contributed by atoms with Crippen molar-refractivity contribution in [2.24, 2.45) is 0 Å². The molecule has 19 heavy (non-hydrogen) atoms. The van der Waals surface area contributed by atoms with Gasteiger partial charge in [-0.25, -0.2) is 4.79 Å². The molecule has 1 fully saturated rings. The van der Waals surface area contributed by atoms with Gasteiger partial charge in [-0.3, -0.25) is 4.98 Å². The van der Waals surface area contributed by atoms with E-state index in [0.29, 0.717) is 19.4 Å². The standard InChI is InChI=1S/C14H20N2O3/c17-13(18)16(10-12-4-8-15-9-5-12)11-14(19)6-2-1-3-7-14/h4-5,8-9,19H,1-3,6-7,10-11H2,(H,17,18). The minimum atomic E-state index is -0.990. The molecule has 0 unspecified atom stereocenters. The van der Waals surface area contributed by atoms with Crippen molar-refractivity contribution in [3.63, 3.8) is 0 Å². The third-order valence-corrected chi connectivity index (χ3v) is 3.66. The van der Waals surface area contributed by atoms with Crippen LogP contribution in [0.2, 0.25) is 0 Å². The zero-order valence-electron chi connectivity index (χ0n) is 11.0. The Morgan fingerprint density at radius 1 is 1.26 bits per heavy atom. The van der Waals surface area contributed by atoms with Crippen LogP contribution in [0.3, 0.4) is 0 Å². The van der Waals surface area contributed by atoms with Crippen LogP contribution in [0.5, 0.6) is 0 Å². The van der Waals surface area contributed by atoms with Crippen molar-refractivity contribution >= 4 is 6.09 Å². The maximum Gasteiger partial charge on any atom is 0.407 e. The first kappa shape index (κ1) is 13.8. The Morgan fingerprint density at radius 3 is 2.47 bits per heavy atom. The highest BCUT2D eigenvalue weighted by molar-refractivity contribution is 5.65. The van der Waals surface area contributed by atoms with Gasteiger partial charge in [-0.1, -0.05) is 19.3 Å². The topological polar surface area (TPSA) is 73.7 Å². The van der Waals surface area contributed by atoms with E-state index in [9.17, 15) is 15.0 Å². The zero-order chi connectivity index (χ0) is 13.7. The first-order valence-electron chi connectivity index (χ1n) is 6.68. The van der Waals surface area contributed by atoms with Gasteiger partial charge in [0.15, 0.2) is 0 Å². The summed E-state index contributed by atoms with van der Waals surface area (Å²) in [6.07, 6.45) is 6.74. The number of pyridine rings is 1. The van der Waals surface area contributed by atoms with E-state index in [2.05, 4.69) is 4.98 Å². The van der Waals surface area contributed by atoms with E-state index in [1.165, 1.54) is 4.90 Å². The number of nitrogens with zero attached hydrogens (tertiary/aromatic N) is 2. The number of amides is 1. The second-order valence-corrected chi connectivity index (χ2v) is 5.28. The Hall–Kier alpha value is -1.62. The fourth-order valence-corrected chi connectivity index (χ4v) is 2.62. The Labute approximate surface area is 112 Å². The number of carboxylic acid groups (broad SMARTS) is 1. The van der Waals surface area contributed by atoms with E-state index in [1.807, 2.05) is 0 Å². The molecule has 5 nitrogen and oxygen atoms in total. The maximum atomic E-state index is 11.3. The van der Waals surface area contributed by atoms with Crippen LogP contribution in [0.4, 0.5) is 4.79 Å². The predicted molar refractivity (Wildman–Crippen MR) is 70.7 cm³/mol. The van der Waals surface area contributed by atoms with Gasteiger partial charge in [0.1, 0.15) is 0 Å². The monoisotopic (exact) mass is 264 g/mol. The molecule has 1 amide bonds. The summed E-state index contributed by atoms with van der Waals surface area (Å²) in [5.74, 6) is 0. The van der Waals surface area contributed by atoms with Crippen LogP contribution >= 0.6 is 0 Å². The van der Waals surface area contributed by atoms with E-state index >= 15 is 0 Å². The summed E-state index contributed by atoms with van der Waals surface area (Å²) in [7, 11) is 0. The summed E-state index contributed by atoms with van der Waals surface area (Å²) in [4.78, 5) is 16.5. The summed E-state index contributed by atoms with van der Waals surface area (Å²) in [5.41, 5.74) is 0.0285. The molecule has 1 aliphatic carbocycles. The van der Waals surface area contributed by atoms with Gasteiger partial charge < -0.3 is 15.1 Å². The first-order chi connectivity index (χ1) is 9.09. The molecule has 0 saturated heterocycles. The van der Waals surface area contributed by atoms with Crippen molar-refractivity contribution < 1.29 is 15.0 Å². The molecule has 0 spiro atoms. The number of hydrogen-bond acceptors (Lipinski definition) is 3. The third kappa shape index (κ3) is 3.92. The molecule has 1 aromatic rings. The summed E-state index contributed by atoms with van der Waals surface area (Å²) in [5, 5.41) is 19.7. The molecule has 0 radical (unpaired) electrons. The molecule has 1 saturated carbocycles. The molecular formula is C14H20N2O3. The molecule has 1 aromatic heterocycles. The number of carbonyl (C=O) groups is 1. The number of hydrogen-bond donors (Lipinski definition) is 2. The first-order valence-corrected chi connectivity index (χ1v) is 6.68. The van der Waals surface area contributed by atoms with Crippen molar-refractivity contribution in [2.45, 2.75) is 44.2 Å². The van der Waals surface area contributed by atoms with Crippen molar-refractivity contribution in [3.05, 3.63) is 30.1 Å². The van der Waals surface area contributed by atoms with Crippen LogP contribution in [-0.2, 0) is 6.54 Å². The van der Waals surface area contributed by atoms with E-state index in [4.69, 9.17) is 0 Å². The maximum absolute atomic E-state index is 11.3. The zero-order valence-corrected chi connectivity index (χ0v) is 11.0. The molecule has 0 atom stereocenters. The Kier molecular flexibility index (Phi) is 4.37. The van der Waals surface area contributed by atoms with Gasteiger partial charge in [0.2, 0.25) is 0 Å². The third-order valence-electron chi connectivity index (χ3n) is 3.66. The number of rotatable bonds is 4. The van der Waals surface area contributed by atoms with Crippen LogP contribution in [0.25, 0.3) is 0 Å². The molecule has 1 aliphatic rings. The Balaban J connectivity index is 2.02. The smallest absolute Gasteiger partial charge is 0.407 e. The van der Waals surface area contributed by atoms with Crippen LogP contribution in [-0.4, -0.2) is 38.3 Å². The van der Waals surface area contributed by atoms with Gasteiger partial charge in [-0.05, 0) is 30.5 Å². The van der Waals surface area contributed by atoms with Gasteiger partial charge in [-0.15, -0.1) is 0 Å². The van der Waals surface area contributed by atoms with Crippen LogP contribution in [0.15, 0.2) is 24.5 Å². The molecular weight excluding hydrogens is 244 g/mol. The Bertz CT molecular complexity index is 416. The molecule has 2 rings (SSSR count). The number of aromatic nitrogens is 1. The fraction of sp³-hybridized carbons (Fsp3) is 0.571. The largest absolute Gasteiger partial charge is 0.465 e. The summed E-state index contributed by atoms with van der Waals surface area (Å²) in [6, 6.07) is 3.59. The lowest BCUT2D eigenvalue weighted by Gasteiger charge is -2.35. The molecule has 5 heteroatoms. The van der Waals surface area contributed by atoms with Crippen LogP contribution in [0.1, 0.15) is 37.7 Å². The molecule has 1 heterocycles. The SMILES string of the molecule is O=C(O)N(Cc1ccncc1)CC1(O)CCCCC1. The lowest BCUT2D eigenvalue weighted by Crippen LogP contribution is -2.46. The molecule has 0 aliphatic heterocycles. The molecule has 0 aromatic carbocycles. The highest BCUT2D eigenvalue weighted by Gasteiger charge is 2.32. The predicted octanol–water partition coefficient (Wildman–Crippen LogP) is 2.26.